The lowest BCUT2D eigenvalue weighted by atomic mass is 9.83. The van der Waals surface area contributed by atoms with Crippen LogP contribution in [-0.4, -0.2) is 80.8 Å². The number of Topliss-reactive ketones (excluding diaryl/α,β-unsaturated/α-hetero) is 1. The highest BCUT2D eigenvalue weighted by Gasteiger charge is 2.53. The average Bonchev–Trinajstić information content (AvgIpc) is 3.53. The second-order valence-electron chi connectivity index (χ2n) is 9.20. The molecule has 4 heterocycles. The predicted octanol–water partition coefficient (Wildman–Crippen LogP) is 2.12. The number of carbonyl (C=O) groups excluding carboxylic acids is 3. The van der Waals surface area contributed by atoms with Gasteiger partial charge < -0.3 is 15.0 Å². The highest BCUT2D eigenvalue weighted by Crippen LogP contribution is 2.40. The summed E-state index contributed by atoms with van der Waals surface area (Å²) in [6, 6.07) is 1.85. The summed E-state index contributed by atoms with van der Waals surface area (Å²) in [5.41, 5.74) is 0.501. The van der Waals surface area contributed by atoms with Gasteiger partial charge in [0.25, 0.3) is 0 Å². The van der Waals surface area contributed by atoms with Crippen molar-refractivity contribution in [1.82, 2.24) is 20.4 Å². The van der Waals surface area contributed by atoms with Crippen LogP contribution in [-0.2, 0) is 19.1 Å². The topological polar surface area (TPSA) is 101 Å². The Balaban J connectivity index is 1.33. The number of nitrogens with one attached hydrogen (secondary N) is 1. The number of ether oxygens (including phenoxy) is 1. The maximum Gasteiger partial charge on any atom is 0.246 e. The van der Waals surface area contributed by atoms with Gasteiger partial charge >= 0.3 is 0 Å². The molecule has 2 amide bonds. The van der Waals surface area contributed by atoms with Crippen LogP contribution in [0.1, 0.15) is 37.8 Å². The highest BCUT2D eigenvalue weighted by atomic mass is 35.5. The molecular weight excluding hydrogens is 483 g/mol. The van der Waals surface area contributed by atoms with E-state index < -0.39 is 40.9 Å². The fourth-order valence-corrected chi connectivity index (χ4v) is 6.79. The first-order chi connectivity index (χ1) is 16.4. The van der Waals surface area contributed by atoms with E-state index in [1.165, 1.54) is 17.2 Å². The molecule has 6 atom stereocenters. The summed E-state index contributed by atoms with van der Waals surface area (Å²) in [6.07, 6.45) is 5.41. The molecule has 1 N–H and O–H groups in total. The molecule has 3 aliphatic heterocycles. The maximum atomic E-state index is 14.9. The molecule has 182 valence electrons. The second-order valence-corrected chi connectivity index (χ2v) is 10.9. The lowest BCUT2D eigenvalue weighted by Crippen LogP contribution is -2.57. The summed E-state index contributed by atoms with van der Waals surface area (Å²) in [4.78, 5) is 41.4. The summed E-state index contributed by atoms with van der Waals surface area (Å²) in [5.74, 6) is -1.13. The molecule has 1 saturated carbocycles. The maximum absolute atomic E-state index is 14.9. The summed E-state index contributed by atoms with van der Waals surface area (Å²) >= 11 is 7.46. The number of hydrogen-bond donors (Lipinski definition) is 1. The number of rotatable bonds is 5. The van der Waals surface area contributed by atoms with Gasteiger partial charge in [-0.1, -0.05) is 19.3 Å². The number of ketones is 1. The Labute approximate surface area is 206 Å². The third-order valence-electron chi connectivity index (χ3n) is 7.03. The highest BCUT2D eigenvalue weighted by molar-refractivity contribution is 8.09. The van der Waals surface area contributed by atoms with Crippen molar-refractivity contribution in [2.45, 2.75) is 67.1 Å². The van der Waals surface area contributed by atoms with Crippen molar-refractivity contribution in [3.05, 3.63) is 30.1 Å². The monoisotopic (exact) mass is 508 g/mol. The van der Waals surface area contributed by atoms with Crippen LogP contribution in [0.15, 0.2) is 24.4 Å². The first-order valence-corrected chi connectivity index (χ1v) is 13.0. The van der Waals surface area contributed by atoms with E-state index in [1.807, 2.05) is 0 Å². The molecule has 1 aromatic heterocycles. The number of fused-ring (bicyclic) bond motifs is 1. The van der Waals surface area contributed by atoms with Gasteiger partial charge in [0.15, 0.2) is 5.78 Å². The van der Waals surface area contributed by atoms with Crippen molar-refractivity contribution in [2.75, 3.05) is 13.2 Å². The van der Waals surface area contributed by atoms with E-state index in [-0.39, 0.29) is 30.8 Å². The van der Waals surface area contributed by atoms with Crippen LogP contribution in [0.2, 0.25) is 0 Å². The van der Waals surface area contributed by atoms with Gasteiger partial charge in [0, 0.05) is 17.6 Å². The Bertz CT molecular complexity index is 992. The standard InChI is InChI=1S/C23H26ClFN4O4S/c24-13-10-29(19-16(30)11-33-20(13)19)23(32)18(12-5-2-1-3-6-12)27-22(31)21-14(25)9-17(34-21)15-7-4-8-26-28-15/h4,7-9,12-14,18-21H,1-3,5-6,10-11H2,(H,27,31). The van der Waals surface area contributed by atoms with Gasteiger partial charge in [-0.25, -0.2) is 4.39 Å². The Kier molecular flexibility index (Phi) is 6.90. The van der Waals surface area contributed by atoms with Gasteiger partial charge in [-0.15, -0.1) is 23.4 Å². The smallest absolute Gasteiger partial charge is 0.246 e. The van der Waals surface area contributed by atoms with E-state index in [0.717, 1.165) is 43.9 Å². The zero-order chi connectivity index (χ0) is 23.8. The zero-order valence-corrected chi connectivity index (χ0v) is 20.0. The summed E-state index contributed by atoms with van der Waals surface area (Å²) in [6.45, 7) is 0.116. The van der Waals surface area contributed by atoms with Gasteiger partial charge in [-0.3, -0.25) is 14.4 Å². The Morgan fingerprint density at radius 3 is 2.82 bits per heavy atom. The molecule has 11 heteroatoms. The lowest BCUT2D eigenvalue weighted by molar-refractivity contribution is -0.141. The summed E-state index contributed by atoms with van der Waals surface area (Å²) < 4.78 is 20.4. The van der Waals surface area contributed by atoms with E-state index in [0.29, 0.717) is 10.6 Å². The van der Waals surface area contributed by atoms with Crippen molar-refractivity contribution < 1.29 is 23.5 Å². The molecule has 6 unspecified atom stereocenters. The number of likely N-dealkylation sites (tertiary alicyclic amines) is 1. The van der Waals surface area contributed by atoms with Crippen molar-refractivity contribution in [2.24, 2.45) is 5.92 Å². The van der Waals surface area contributed by atoms with E-state index in [4.69, 9.17) is 16.3 Å². The fraction of sp³-hybridized carbons (Fsp3) is 0.609. The fourth-order valence-electron chi connectivity index (χ4n) is 5.34. The molecule has 0 aromatic carbocycles. The Hall–Kier alpha value is -2.04. The number of allylic oxidation sites excluding steroid dienone is 1. The molecule has 0 spiro atoms. The third kappa shape index (κ3) is 4.47. The SMILES string of the molecule is O=C(NC(C(=O)N1CC(Cl)C2OCC(=O)C21)C1CCCCC1)C1SC(c2cccnn2)=CC1F. The first-order valence-electron chi connectivity index (χ1n) is 11.6. The molecular formula is C23H26ClFN4O4S. The molecule has 8 nitrogen and oxygen atoms in total. The average molecular weight is 509 g/mol. The quantitative estimate of drug-likeness (QED) is 0.608. The van der Waals surface area contributed by atoms with Crippen LogP contribution >= 0.6 is 23.4 Å². The van der Waals surface area contributed by atoms with E-state index in [2.05, 4.69) is 15.5 Å². The molecule has 0 bridgehead atoms. The van der Waals surface area contributed by atoms with Gasteiger partial charge in [-0.2, -0.15) is 10.2 Å². The number of hydrogen-bond acceptors (Lipinski definition) is 7. The minimum absolute atomic E-state index is 0.0676. The van der Waals surface area contributed by atoms with E-state index in [1.54, 1.807) is 12.1 Å². The summed E-state index contributed by atoms with van der Waals surface area (Å²) in [5, 5.41) is 9.16. The van der Waals surface area contributed by atoms with Crippen LogP contribution in [0.4, 0.5) is 4.39 Å². The first kappa shape index (κ1) is 23.7. The van der Waals surface area contributed by atoms with Crippen molar-refractivity contribution in [3.8, 4) is 0 Å². The number of thioether (sulfide) groups is 1. The van der Waals surface area contributed by atoms with Gasteiger partial charge in [0.1, 0.15) is 36.2 Å². The van der Waals surface area contributed by atoms with Gasteiger partial charge in [0.2, 0.25) is 11.8 Å². The van der Waals surface area contributed by atoms with Crippen LogP contribution < -0.4 is 5.32 Å². The molecule has 2 saturated heterocycles. The lowest BCUT2D eigenvalue weighted by Gasteiger charge is -2.34. The molecule has 5 rings (SSSR count). The van der Waals surface area contributed by atoms with Crippen molar-refractivity contribution in [3.63, 3.8) is 0 Å². The Morgan fingerprint density at radius 1 is 1.29 bits per heavy atom. The molecule has 4 aliphatic rings. The minimum atomic E-state index is -1.52. The predicted molar refractivity (Wildman–Crippen MR) is 125 cm³/mol. The number of aromatic nitrogens is 2. The minimum Gasteiger partial charge on any atom is -0.366 e. The van der Waals surface area contributed by atoms with E-state index >= 15 is 0 Å². The van der Waals surface area contributed by atoms with Crippen LogP contribution in [0.25, 0.3) is 4.91 Å². The normalized spacial score (nSPS) is 32.4. The zero-order valence-electron chi connectivity index (χ0n) is 18.4. The molecule has 0 radical (unpaired) electrons. The van der Waals surface area contributed by atoms with Crippen molar-refractivity contribution >= 4 is 45.9 Å². The number of nitrogens with zero attached hydrogens (tertiary/aromatic N) is 3. The van der Waals surface area contributed by atoms with Crippen LogP contribution in [0, 0.1) is 5.92 Å². The molecule has 34 heavy (non-hydrogen) atoms. The molecule has 3 fully saturated rings. The van der Waals surface area contributed by atoms with Gasteiger partial charge in [0.05, 0.1) is 11.1 Å². The number of carbonyl (C=O) groups is 3. The summed E-state index contributed by atoms with van der Waals surface area (Å²) in [7, 11) is 0. The second kappa shape index (κ2) is 9.91. The van der Waals surface area contributed by atoms with Gasteiger partial charge in [-0.05, 0) is 37.0 Å². The van der Waals surface area contributed by atoms with Crippen LogP contribution in [0.5, 0.6) is 0 Å². The Morgan fingerprint density at radius 2 is 2.09 bits per heavy atom. The number of alkyl halides is 2. The van der Waals surface area contributed by atoms with Crippen molar-refractivity contribution in [1.29, 1.82) is 0 Å². The largest absolute Gasteiger partial charge is 0.366 e. The number of amides is 2. The van der Waals surface area contributed by atoms with Crippen LogP contribution in [0.3, 0.4) is 0 Å². The molecule has 1 aliphatic carbocycles. The molecule has 1 aromatic rings. The third-order valence-corrected chi connectivity index (χ3v) is 8.74. The van der Waals surface area contributed by atoms with E-state index in [9.17, 15) is 18.8 Å². The number of halogens is 2.